The molecule has 0 aliphatic carbocycles. The molecule has 1 atom stereocenters. The average Bonchev–Trinajstić information content (AvgIpc) is 2.87. The van der Waals surface area contributed by atoms with Crippen molar-refractivity contribution in [1.29, 1.82) is 0 Å². The molecule has 7 nitrogen and oxygen atoms in total. The summed E-state index contributed by atoms with van der Waals surface area (Å²) in [6, 6.07) is 2.99. The third kappa shape index (κ3) is 3.31. The first-order valence-electron chi connectivity index (χ1n) is 6.01. The van der Waals surface area contributed by atoms with E-state index in [0.717, 1.165) is 22.5 Å². The highest BCUT2D eigenvalue weighted by Gasteiger charge is 2.38. The van der Waals surface area contributed by atoms with Gasteiger partial charge >= 0.3 is 0 Å². The number of hydrogen-bond donors (Lipinski definition) is 1. The van der Waals surface area contributed by atoms with Crippen LogP contribution in [-0.4, -0.2) is 37.3 Å². The minimum atomic E-state index is -4.23. The molecule has 0 spiro atoms. The highest BCUT2D eigenvalue weighted by atomic mass is 35.5. The predicted octanol–water partition coefficient (Wildman–Crippen LogP) is 1.13. The van der Waals surface area contributed by atoms with Crippen LogP contribution in [0.2, 0.25) is 0 Å². The lowest BCUT2D eigenvalue weighted by Gasteiger charge is -2.16. The van der Waals surface area contributed by atoms with Crippen molar-refractivity contribution in [2.75, 3.05) is 19.6 Å². The molecular formula is C11H15ClFN3O4S. The van der Waals surface area contributed by atoms with Crippen molar-refractivity contribution >= 4 is 28.1 Å². The number of nitro groups is 1. The Bertz CT molecular complexity index is 640. The number of sulfonamides is 1. The van der Waals surface area contributed by atoms with Crippen LogP contribution in [0.25, 0.3) is 0 Å². The van der Waals surface area contributed by atoms with Crippen LogP contribution in [0.15, 0.2) is 23.1 Å². The summed E-state index contributed by atoms with van der Waals surface area (Å²) in [6.45, 7) is 0.672. The molecule has 1 fully saturated rings. The highest BCUT2D eigenvalue weighted by Crippen LogP contribution is 2.31. The number of nitrogens with zero attached hydrogens (tertiary/aromatic N) is 2. The van der Waals surface area contributed by atoms with Crippen LogP contribution in [0.1, 0.15) is 6.42 Å². The van der Waals surface area contributed by atoms with Crippen LogP contribution < -0.4 is 5.73 Å². The Hall–Kier alpha value is -1.29. The van der Waals surface area contributed by atoms with E-state index in [9.17, 15) is 22.9 Å². The second-order valence-electron chi connectivity index (χ2n) is 4.60. The lowest BCUT2D eigenvalue weighted by molar-refractivity contribution is -0.388. The fraction of sp³-hybridized carbons (Fsp3) is 0.455. The standard InChI is InChI=1S/C11H14FN3O4S.ClH/c12-9-2-1-3-10(15(16)17)11(9)20(18,19)14-5-4-8(6-13)7-14;/h1-3,8H,4-7,13H2;1H. The quantitative estimate of drug-likeness (QED) is 0.653. The predicted molar refractivity (Wildman–Crippen MR) is 76.2 cm³/mol. The van der Waals surface area contributed by atoms with E-state index in [1.165, 1.54) is 0 Å². The van der Waals surface area contributed by atoms with Gasteiger partial charge < -0.3 is 5.73 Å². The topological polar surface area (TPSA) is 107 Å². The average molecular weight is 340 g/mol. The minimum Gasteiger partial charge on any atom is -0.330 e. The molecule has 0 aromatic heterocycles. The maximum absolute atomic E-state index is 13.8. The molecule has 2 rings (SSSR count). The van der Waals surface area contributed by atoms with Crippen molar-refractivity contribution in [3.8, 4) is 0 Å². The first-order chi connectivity index (χ1) is 9.37. The van der Waals surface area contributed by atoms with Gasteiger partial charge in [0, 0.05) is 19.2 Å². The van der Waals surface area contributed by atoms with Crippen molar-refractivity contribution in [3.63, 3.8) is 0 Å². The van der Waals surface area contributed by atoms with Gasteiger partial charge in [-0.2, -0.15) is 4.31 Å². The van der Waals surface area contributed by atoms with Crippen LogP contribution in [0.4, 0.5) is 10.1 Å². The lowest BCUT2D eigenvalue weighted by Crippen LogP contribution is -2.31. The van der Waals surface area contributed by atoms with Crippen molar-refractivity contribution in [2.24, 2.45) is 11.7 Å². The van der Waals surface area contributed by atoms with Gasteiger partial charge in [0.1, 0.15) is 5.82 Å². The van der Waals surface area contributed by atoms with Gasteiger partial charge in [-0.1, -0.05) is 6.07 Å². The van der Waals surface area contributed by atoms with E-state index in [1.807, 2.05) is 0 Å². The summed E-state index contributed by atoms with van der Waals surface area (Å²) < 4.78 is 39.6. The van der Waals surface area contributed by atoms with Gasteiger partial charge in [-0.3, -0.25) is 10.1 Å². The molecule has 1 aromatic rings. The van der Waals surface area contributed by atoms with Crippen LogP contribution in [-0.2, 0) is 10.0 Å². The maximum atomic E-state index is 13.8. The molecule has 1 saturated heterocycles. The number of halogens is 2. The van der Waals surface area contributed by atoms with Gasteiger partial charge in [0.25, 0.3) is 15.7 Å². The molecule has 2 N–H and O–H groups in total. The van der Waals surface area contributed by atoms with Gasteiger partial charge in [-0.15, -0.1) is 12.4 Å². The largest absolute Gasteiger partial charge is 0.330 e. The SMILES string of the molecule is Cl.NCC1CCN(S(=O)(=O)c2c(F)cccc2[N+](=O)[O-])C1. The smallest absolute Gasteiger partial charge is 0.292 e. The molecule has 1 aromatic carbocycles. The molecule has 1 heterocycles. The number of nitro benzene ring substituents is 1. The lowest BCUT2D eigenvalue weighted by atomic mass is 10.1. The second kappa shape index (κ2) is 6.65. The van der Waals surface area contributed by atoms with Crippen LogP contribution in [0, 0.1) is 21.8 Å². The molecule has 1 aliphatic heterocycles. The minimum absolute atomic E-state index is 0. The van der Waals surface area contributed by atoms with Crippen LogP contribution >= 0.6 is 12.4 Å². The zero-order valence-corrected chi connectivity index (χ0v) is 12.6. The summed E-state index contributed by atoms with van der Waals surface area (Å²) in [4.78, 5) is 9.12. The van der Waals surface area contributed by atoms with E-state index in [2.05, 4.69) is 0 Å². The molecule has 1 aliphatic rings. The summed E-state index contributed by atoms with van der Waals surface area (Å²) in [6.07, 6.45) is 0.567. The van der Waals surface area contributed by atoms with Crippen molar-refractivity contribution in [3.05, 3.63) is 34.1 Å². The van der Waals surface area contributed by atoms with Gasteiger partial charge in [0.15, 0.2) is 4.90 Å². The van der Waals surface area contributed by atoms with Gasteiger partial charge in [0.05, 0.1) is 4.92 Å². The number of nitrogens with two attached hydrogens (primary N) is 1. The number of rotatable bonds is 4. The molecule has 0 radical (unpaired) electrons. The monoisotopic (exact) mass is 339 g/mol. The first kappa shape index (κ1) is 17.8. The van der Waals surface area contributed by atoms with E-state index in [-0.39, 0.29) is 31.4 Å². The Balaban J connectivity index is 0.00000220. The number of hydrogen-bond acceptors (Lipinski definition) is 5. The Labute approximate surface area is 127 Å². The summed E-state index contributed by atoms with van der Waals surface area (Å²) in [5, 5.41) is 10.9. The van der Waals surface area contributed by atoms with Gasteiger partial charge in [-0.05, 0) is 24.9 Å². The summed E-state index contributed by atoms with van der Waals surface area (Å²) >= 11 is 0. The van der Waals surface area contributed by atoms with E-state index < -0.39 is 31.3 Å². The third-order valence-electron chi connectivity index (χ3n) is 3.32. The Morgan fingerprint density at radius 1 is 1.48 bits per heavy atom. The first-order valence-corrected chi connectivity index (χ1v) is 7.45. The van der Waals surface area contributed by atoms with Crippen molar-refractivity contribution < 1.29 is 17.7 Å². The maximum Gasteiger partial charge on any atom is 0.292 e. The van der Waals surface area contributed by atoms with E-state index in [1.54, 1.807) is 0 Å². The van der Waals surface area contributed by atoms with Gasteiger partial charge in [0.2, 0.25) is 0 Å². The summed E-state index contributed by atoms with van der Waals surface area (Å²) in [5.74, 6) is -1.12. The van der Waals surface area contributed by atoms with Crippen molar-refractivity contribution in [1.82, 2.24) is 4.31 Å². The molecule has 118 valence electrons. The Kier molecular flexibility index (Phi) is 5.62. The highest BCUT2D eigenvalue weighted by molar-refractivity contribution is 7.89. The molecular weight excluding hydrogens is 325 g/mol. The Morgan fingerprint density at radius 3 is 2.67 bits per heavy atom. The fourth-order valence-electron chi connectivity index (χ4n) is 2.23. The van der Waals surface area contributed by atoms with Crippen LogP contribution in [0.5, 0.6) is 0 Å². The van der Waals surface area contributed by atoms with E-state index in [4.69, 9.17) is 5.73 Å². The molecule has 0 saturated carbocycles. The number of benzene rings is 1. The zero-order chi connectivity index (χ0) is 14.9. The Morgan fingerprint density at radius 2 is 2.14 bits per heavy atom. The van der Waals surface area contributed by atoms with E-state index >= 15 is 0 Å². The fourth-order valence-corrected chi connectivity index (χ4v) is 3.97. The normalized spacial score (nSPS) is 19.2. The third-order valence-corrected chi connectivity index (χ3v) is 5.25. The van der Waals surface area contributed by atoms with Crippen LogP contribution in [0.3, 0.4) is 0 Å². The molecule has 10 heteroatoms. The molecule has 1 unspecified atom stereocenters. The molecule has 0 bridgehead atoms. The summed E-state index contributed by atoms with van der Waals surface area (Å²) in [7, 11) is -4.23. The summed E-state index contributed by atoms with van der Waals surface area (Å²) in [5.41, 5.74) is 4.73. The molecule has 21 heavy (non-hydrogen) atoms. The van der Waals surface area contributed by atoms with Gasteiger partial charge in [-0.25, -0.2) is 12.8 Å². The second-order valence-corrected chi connectivity index (χ2v) is 6.47. The zero-order valence-electron chi connectivity index (χ0n) is 10.9. The molecule has 0 amide bonds. The van der Waals surface area contributed by atoms with E-state index in [0.29, 0.717) is 13.0 Å². The van der Waals surface area contributed by atoms with Crippen molar-refractivity contribution in [2.45, 2.75) is 11.3 Å².